The molecule has 2 aromatic carbocycles. The Balaban J connectivity index is 1.53. The first kappa shape index (κ1) is 20.8. The zero-order valence-electron chi connectivity index (χ0n) is 16.2. The Hall–Kier alpha value is -2.97. The Morgan fingerprint density at radius 2 is 2.07 bits per heavy atom. The predicted octanol–water partition coefficient (Wildman–Crippen LogP) is 3.22. The Morgan fingerprint density at radius 1 is 1.28 bits per heavy atom. The van der Waals surface area contributed by atoms with Crippen molar-refractivity contribution < 1.29 is 14.3 Å². The van der Waals surface area contributed by atoms with E-state index in [1.165, 1.54) is 18.1 Å². The third-order valence-corrected chi connectivity index (χ3v) is 4.66. The summed E-state index contributed by atoms with van der Waals surface area (Å²) in [4.78, 5) is 12.6. The zero-order chi connectivity index (χ0) is 20.6. The first-order valence-corrected chi connectivity index (χ1v) is 9.53. The number of rotatable bonds is 9. The normalized spacial score (nSPS) is 11.8. The van der Waals surface area contributed by atoms with E-state index in [0.717, 1.165) is 5.56 Å². The van der Waals surface area contributed by atoms with Crippen LogP contribution in [-0.2, 0) is 4.74 Å². The Morgan fingerprint density at radius 3 is 2.76 bits per heavy atom. The molecule has 152 valence electrons. The molecular formula is C20H22ClN5O3. The molecule has 1 N–H and O–H groups in total. The lowest BCUT2D eigenvalue weighted by molar-refractivity contribution is 0.0635. The van der Waals surface area contributed by atoms with Crippen molar-refractivity contribution >= 4 is 17.5 Å². The second kappa shape index (κ2) is 9.99. The summed E-state index contributed by atoms with van der Waals surface area (Å²) in [6.45, 7) is 3.01. The number of methoxy groups -OCH3 is 1. The lowest BCUT2D eigenvalue weighted by Gasteiger charge is -2.14. The minimum atomic E-state index is -0.275. The standard InChI is InChI=1S/C20H22ClN5O3/c1-14(15-7-4-3-5-8-15)29-10-6-9-22-20(27)16-11-17(21)18(12-19(16)28-2)26-13-23-24-25-26/h3-5,7-8,11-14H,6,9-10H2,1-2H3,(H,22,27). The second-order valence-electron chi connectivity index (χ2n) is 6.29. The Bertz CT molecular complexity index is 935. The number of benzene rings is 2. The highest BCUT2D eigenvalue weighted by Crippen LogP contribution is 2.29. The zero-order valence-corrected chi connectivity index (χ0v) is 17.0. The molecule has 0 aliphatic heterocycles. The van der Waals surface area contributed by atoms with E-state index < -0.39 is 0 Å². The van der Waals surface area contributed by atoms with Gasteiger partial charge in [0.05, 0.1) is 29.5 Å². The van der Waals surface area contributed by atoms with Crippen LogP contribution in [0.1, 0.15) is 35.4 Å². The van der Waals surface area contributed by atoms with Crippen LogP contribution in [-0.4, -0.2) is 46.4 Å². The number of amides is 1. The molecular weight excluding hydrogens is 394 g/mol. The van der Waals surface area contributed by atoms with Crippen LogP contribution >= 0.6 is 11.6 Å². The number of carbonyl (C=O) groups excluding carboxylic acids is 1. The van der Waals surface area contributed by atoms with Crippen LogP contribution in [0.4, 0.5) is 0 Å². The molecule has 0 aliphatic carbocycles. The smallest absolute Gasteiger partial charge is 0.255 e. The van der Waals surface area contributed by atoms with Gasteiger partial charge < -0.3 is 14.8 Å². The fourth-order valence-electron chi connectivity index (χ4n) is 2.79. The summed E-state index contributed by atoms with van der Waals surface area (Å²) in [7, 11) is 1.49. The second-order valence-corrected chi connectivity index (χ2v) is 6.70. The van der Waals surface area contributed by atoms with Gasteiger partial charge in [-0.15, -0.1) is 5.10 Å². The Labute approximate surface area is 173 Å². The van der Waals surface area contributed by atoms with Gasteiger partial charge in [-0.05, 0) is 35.4 Å². The van der Waals surface area contributed by atoms with Crippen molar-refractivity contribution in [3.05, 3.63) is 64.9 Å². The Kier molecular flexibility index (Phi) is 7.15. The average molecular weight is 416 g/mol. The maximum Gasteiger partial charge on any atom is 0.255 e. The number of nitrogens with one attached hydrogen (secondary N) is 1. The van der Waals surface area contributed by atoms with Crippen molar-refractivity contribution in [3.63, 3.8) is 0 Å². The summed E-state index contributed by atoms with van der Waals surface area (Å²) in [5, 5.41) is 14.2. The topological polar surface area (TPSA) is 91.2 Å². The highest BCUT2D eigenvalue weighted by molar-refractivity contribution is 6.33. The highest BCUT2D eigenvalue weighted by atomic mass is 35.5. The summed E-state index contributed by atoms with van der Waals surface area (Å²) in [5.41, 5.74) is 1.99. The number of ether oxygens (including phenoxy) is 2. The molecule has 0 aliphatic rings. The number of halogens is 1. The van der Waals surface area contributed by atoms with Crippen LogP contribution in [0.25, 0.3) is 5.69 Å². The van der Waals surface area contributed by atoms with Crippen molar-refractivity contribution in [1.29, 1.82) is 0 Å². The van der Waals surface area contributed by atoms with Gasteiger partial charge in [0.15, 0.2) is 0 Å². The average Bonchev–Trinajstić information content (AvgIpc) is 3.28. The van der Waals surface area contributed by atoms with E-state index in [0.29, 0.717) is 41.6 Å². The minimum Gasteiger partial charge on any atom is -0.496 e. The van der Waals surface area contributed by atoms with E-state index in [4.69, 9.17) is 21.1 Å². The van der Waals surface area contributed by atoms with Crippen molar-refractivity contribution in [2.75, 3.05) is 20.3 Å². The van der Waals surface area contributed by atoms with Gasteiger partial charge in [-0.2, -0.15) is 4.68 Å². The number of carbonyl (C=O) groups is 1. The van der Waals surface area contributed by atoms with Crippen molar-refractivity contribution in [2.45, 2.75) is 19.4 Å². The maximum atomic E-state index is 12.6. The van der Waals surface area contributed by atoms with E-state index in [-0.39, 0.29) is 12.0 Å². The van der Waals surface area contributed by atoms with Crippen LogP contribution in [0.15, 0.2) is 48.8 Å². The van der Waals surface area contributed by atoms with E-state index in [2.05, 4.69) is 20.8 Å². The molecule has 0 bridgehead atoms. The summed E-state index contributed by atoms with van der Waals surface area (Å²) in [6.07, 6.45) is 2.10. The molecule has 0 fully saturated rings. The molecule has 9 heteroatoms. The molecule has 1 amide bonds. The molecule has 8 nitrogen and oxygen atoms in total. The van der Waals surface area contributed by atoms with Crippen LogP contribution in [0.2, 0.25) is 5.02 Å². The van der Waals surface area contributed by atoms with Gasteiger partial charge in [-0.3, -0.25) is 4.79 Å². The van der Waals surface area contributed by atoms with Gasteiger partial charge in [0.25, 0.3) is 5.91 Å². The van der Waals surface area contributed by atoms with Gasteiger partial charge in [-0.25, -0.2) is 0 Å². The van der Waals surface area contributed by atoms with Gasteiger partial charge >= 0.3 is 0 Å². The van der Waals surface area contributed by atoms with Gasteiger partial charge in [0.1, 0.15) is 12.1 Å². The SMILES string of the molecule is COc1cc(-n2cnnn2)c(Cl)cc1C(=O)NCCCOC(C)c1ccccc1. The van der Waals surface area contributed by atoms with E-state index in [1.54, 1.807) is 12.1 Å². The number of aromatic nitrogens is 4. The highest BCUT2D eigenvalue weighted by Gasteiger charge is 2.17. The molecule has 1 aromatic heterocycles. The first-order chi connectivity index (χ1) is 14.1. The number of hydrogen-bond donors (Lipinski definition) is 1. The fraction of sp³-hybridized carbons (Fsp3) is 0.300. The van der Waals surface area contributed by atoms with Gasteiger partial charge in [0, 0.05) is 19.2 Å². The molecule has 3 aromatic rings. The van der Waals surface area contributed by atoms with Crippen molar-refractivity contribution in [1.82, 2.24) is 25.5 Å². The molecule has 0 radical (unpaired) electrons. The van der Waals surface area contributed by atoms with Crippen LogP contribution in [0, 0.1) is 0 Å². The van der Waals surface area contributed by atoms with Crippen LogP contribution in [0.5, 0.6) is 5.75 Å². The number of nitrogens with zero attached hydrogens (tertiary/aromatic N) is 4. The van der Waals surface area contributed by atoms with Crippen LogP contribution < -0.4 is 10.1 Å². The first-order valence-electron chi connectivity index (χ1n) is 9.15. The van der Waals surface area contributed by atoms with E-state index in [1.807, 2.05) is 37.3 Å². The van der Waals surface area contributed by atoms with E-state index >= 15 is 0 Å². The molecule has 1 unspecified atom stereocenters. The summed E-state index contributed by atoms with van der Waals surface area (Å²) in [6, 6.07) is 13.2. The lowest BCUT2D eigenvalue weighted by Crippen LogP contribution is -2.26. The molecule has 3 rings (SSSR count). The van der Waals surface area contributed by atoms with Gasteiger partial charge in [0.2, 0.25) is 0 Å². The van der Waals surface area contributed by atoms with Crippen molar-refractivity contribution in [2.24, 2.45) is 0 Å². The summed E-state index contributed by atoms with van der Waals surface area (Å²) < 4.78 is 12.6. The van der Waals surface area contributed by atoms with Crippen LogP contribution in [0.3, 0.4) is 0 Å². The minimum absolute atomic E-state index is 0.00428. The molecule has 0 spiro atoms. The fourth-order valence-corrected chi connectivity index (χ4v) is 3.04. The third-order valence-electron chi connectivity index (χ3n) is 4.35. The molecule has 29 heavy (non-hydrogen) atoms. The monoisotopic (exact) mass is 415 g/mol. The molecule has 0 saturated carbocycles. The quantitative estimate of drug-likeness (QED) is 0.539. The van der Waals surface area contributed by atoms with Crippen molar-refractivity contribution in [3.8, 4) is 11.4 Å². The molecule has 1 atom stereocenters. The largest absolute Gasteiger partial charge is 0.496 e. The predicted molar refractivity (Wildman–Crippen MR) is 108 cm³/mol. The number of hydrogen-bond acceptors (Lipinski definition) is 6. The van der Waals surface area contributed by atoms with E-state index in [9.17, 15) is 4.79 Å². The molecule has 1 heterocycles. The number of tetrazole rings is 1. The summed E-state index contributed by atoms with van der Waals surface area (Å²) in [5.74, 6) is 0.106. The third kappa shape index (κ3) is 5.30. The maximum absolute atomic E-state index is 12.6. The summed E-state index contributed by atoms with van der Waals surface area (Å²) >= 11 is 6.30. The van der Waals surface area contributed by atoms with Gasteiger partial charge in [-0.1, -0.05) is 41.9 Å². The lowest BCUT2D eigenvalue weighted by atomic mass is 10.1. The molecule has 0 saturated heterocycles.